The molecule has 0 aromatic heterocycles. The standard InChI is InChI=1S/C8H15N/c1-7-4-5-8(6-7)9(2)3/h6,8H,4-5H2,1-3H3. The van der Waals surface area contributed by atoms with Gasteiger partial charge in [0.15, 0.2) is 0 Å². The molecular weight excluding hydrogens is 110 g/mol. The molecule has 0 heterocycles. The lowest BCUT2D eigenvalue weighted by Crippen LogP contribution is -2.23. The normalized spacial score (nSPS) is 27.1. The Morgan fingerprint density at radius 1 is 1.56 bits per heavy atom. The van der Waals surface area contributed by atoms with Crippen molar-refractivity contribution in [3.8, 4) is 0 Å². The molecule has 0 saturated carbocycles. The quantitative estimate of drug-likeness (QED) is 0.482. The zero-order chi connectivity index (χ0) is 6.85. The Bertz CT molecular complexity index is 125. The molecule has 1 heteroatoms. The average molecular weight is 125 g/mol. The highest BCUT2D eigenvalue weighted by molar-refractivity contribution is 5.11. The molecule has 0 radical (unpaired) electrons. The second kappa shape index (κ2) is 2.53. The van der Waals surface area contributed by atoms with Gasteiger partial charge in [0.2, 0.25) is 0 Å². The summed E-state index contributed by atoms with van der Waals surface area (Å²) in [5, 5.41) is 0. The number of hydrogen-bond donors (Lipinski definition) is 0. The van der Waals surface area contributed by atoms with E-state index in [0.29, 0.717) is 6.04 Å². The summed E-state index contributed by atoms with van der Waals surface area (Å²) >= 11 is 0. The molecule has 1 aliphatic carbocycles. The van der Waals surface area contributed by atoms with Gasteiger partial charge >= 0.3 is 0 Å². The van der Waals surface area contributed by atoms with Crippen LogP contribution >= 0.6 is 0 Å². The maximum atomic E-state index is 2.36. The number of allylic oxidation sites excluding steroid dienone is 1. The second-order valence-corrected chi connectivity index (χ2v) is 3.08. The predicted molar refractivity (Wildman–Crippen MR) is 40.5 cm³/mol. The van der Waals surface area contributed by atoms with Gasteiger partial charge in [-0.2, -0.15) is 0 Å². The fourth-order valence-corrected chi connectivity index (χ4v) is 1.28. The van der Waals surface area contributed by atoms with Crippen LogP contribution in [-0.4, -0.2) is 25.0 Å². The van der Waals surface area contributed by atoms with Gasteiger partial charge in [0.25, 0.3) is 0 Å². The third kappa shape index (κ3) is 1.55. The Labute approximate surface area is 57.4 Å². The molecule has 9 heavy (non-hydrogen) atoms. The molecule has 0 aromatic carbocycles. The first kappa shape index (κ1) is 6.81. The van der Waals surface area contributed by atoms with Crippen LogP contribution in [0.5, 0.6) is 0 Å². The van der Waals surface area contributed by atoms with Crippen molar-refractivity contribution in [1.29, 1.82) is 0 Å². The Balaban J connectivity index is 2.47. The van der Waals surface area contributed by atoms with E-state index < -0.39 is 0 Å². The average Bonchev–Trinajstić information content (AvgIpc) is 2.14. The highest BCUT2D eigenvalue weighted by Gasteiger charge is 2.13. The van der Waals surface area contributed by atoms with Crippen LogP contribution < -0.4 is 0 Å². The summed E-state index contributed by atoms with van der Waals surface area (Å²) < 4.78 is 0. The van der Waals surface area contributed by atoms with Crippen molar-refractivity contribution in [1.82, 2.24) is 4.90 Å². The summed E-state index contributed by atoms with van der Waals surface area (Å²) in [7, 11) is 4.28. The zero-order valence-electron chi connectivity index (χ0n) is 6.52. The minimum absolute atomic E-state index is 0.713. The number of hydrogen-bond acceptors (Lipinski definition) is 1. The maximum Gasteiger partial charge on any atom is 0.0277 e. The third-order valence-electron chi connectivity index (χ3n) is 1.97. The highest BCUT2D eigenvalue weighted by atomic mass is 15.1. The smallest absolute Gasteiger partial charge is 0.0277 e. The van der Waals surface area contributed by atoms with Crippen LogP contribution in [-0.2, 0) is 0 Å². The zero-order valence-corrected chi connectivity index (χ0v) is 6.52. The molecule has 1 atom stereocenters. The molecule has 1 unspecified atom stereocenters. The molecule has 0 aliphatic heterocycles. The molecule has 0 bridgehead atoms. The van der Waals surface area contributed by atoms with Gasteiger partial charge in [0.1, 0.15) is 0 Å². The molecule has 1 rings (SSSR count). The van der Waals surface area contributed by atoms with Crippen molar-refractivity contribution < 1.29 is 0 Å². The first-order valence-corrected chi connectivity index (χ1v) is 3.54. The lowest BCUT2D eigenvalue weighted by molar-refractivity contribution is 0.340. The summed E-state index contributed by atoms with van der Waals surface area (Å²) in [5.41, 5.74) is 1.55. The van der Waals surface area contributed by atoms with Crippen LogP contribution in [0.2, 0.25) is 0 Å². The molecule has 0 fully saturated rings. The van der Waals surface area contributed by atoms with Gasteiger partial charge in [-0.15, -0.1) is 0 Å². The first-order chi connectivity index (χ1) is 4.20. The Morgan fingerprint density at radius 3 is 2.44 bits per heavy atom. The number of nitrogens with zero attached hydrogens (tertiary/aromatic N) is 1. The van der Waals surface area contributed by atoms with E-state index in [9.17, 15) is 0 Å². The molecule has 0 aromatic rings. The summed E-state index contributed by atoms with van der Waals surface area (Å²) in [6.07, 6.45) is 4.97. The molecule has 0 spiro atoms. The monoisotopic (exact) mass is 125 g/mol. The van der Waals surface area contributed by atoms with Crippen molar-refractivity contribution in [3.05, 3.63) is 11.6 Å². The SMILES string of the molecule is CC1=CC(N(C)C)CC1. The molecular formula is C8H15N. The molecule has 0 saturated heterocycles. The largest absolute Gasteiger partial charge is 0.303 e. The van der Waals surface area contributed by atoms with Crippen molar-refractivity contribution in [3.63, 3.8) is 0 Å². The Morgan fingerprint density at radius 2 is 2.22 bits per heavy atom. The van der Waals surface area contributed by atoms with E-state index in [4.69, 9.17) is 0 Å². The van der Waals surface area contributed by atoms with Gasteiger partial charge in [-0.25, -0.2) is 0 Å². The van der Waals surface area contributed by atoms with Crippen LogP contribution in [0.1, 0.15) is 19.8 Å². The topological polar surface area (TPSA) is 3.24 Å². The van der Waals surface area contributed by atoms with E-state index in [2.05, 4.69) is 32.0 Å². The van der Waals surface area contributed by atoms with Gasteiger partial charge in [0, 0.05) is 6.04 Å². The molecule has 1 nitrogen and oxygen atoms in total. The first-order valence-electron chi connectivity index (χ1n) is 3.54. The molecule has 1 aliphatic rings. The minimum Gasteiger partial charge on any atom is -0.303 e. The van der Waals surface area contributed by atoms with Crippen molar-refractivity contribution >= 4 is 0 Å². The summed E-state index contributed by atoms with van der Waals surface area (Å²) in [6.45, 7) is 2.21. The van der Waals surface area contributed by atoms with Crippen LogP contribution in [0.4, 0.5) is 0 Å². The predicted octanol–water partition coefficient (Wildman–Crippen LogP) is 1.66. The number of rotatable bonds is 1. The number of likely N-dealkylation sites (N-methyl/N-ethyl adjacent to an activating group) is 1. The maximum absolute atomic E-state index is 2.36. The lowest BCUT2D eigenvalue weighted by Gasteiger charge is -2.15. The van der Waals surface area contributed by atoms with Crippen LogP contribution in [0, 0.1) is 0 Å². The van der Waals surface area contributed by atoms with E-state index in [1.165, 1.54) is 12.8 Å². The summed E-state index contributed by atoms with van der Waals surface area (Å²) in [5.74, 6) is 0. The van der Waals surface area contributed by atoms with Crippen LogP contribution in [0.3, 0.4) is 0 Å². The van der Waals surface area contributed by atoms with E-state index in [1.807, 2.05) is 0 Å². The van der Waals surface area contributed by atoms with Gasteiger partial charge in [0.05, 0.1) is 0 Å². The van der Waals surface area contributed by atoms with E-state index in [-0.39, 0.29) is 0 Å². The Hall–Kier alpha value is -0.300. The van der Waals surface area contributed by atoms with Gasteiger partial charge in [-0.3, -0.25) is 0 Å². The highest BCUT2D eigenvalue weighted by Crippen LogP contribution is 2.19. The third-order valence-corrected chi connectivity index (χ3v) is 1.97. The van der Waals surface area contributed by atoms with Gasteiger partial charge in [-0.05, 0) is 33.9 Å². The minimum atomic E-state index is 0.713. The van der Waals surface area contributed by atoms with E-state index in [1.54, 1.807) is 5.57 Å². The summed E-state index contributed by atoms with van der Waals surface area (Å²) in [6, 6.07) is 0.713. The van der Waals surface area contributed by atoms with Crippen molar-refractivity contribution in [2.75, 3.05) is 14.1 Å². The fourth-order valence-electron chi connectivity index (χ4n) is 1.28. The van der Waals surface area contributed by atoms with Gasteiger partial charge in [-0.1, -0.05) is 11.6 Å². The van der Waals surface area contributed by atoms with Crippen LogP contribution in [0.15, 0.2) is 11.6 Å². The van der Waals surface area contributed by atoms with Crippen molar-refractivity contribution in [2.45, 2.75) is 25.8 Å². The molecule has 0 N–H and O–H groups in total. The molecule has 52 valence electrons. The summed E-state index contributed by atoms with van der Waals surface area (Å²) in [4.78, 5) is 2.27. The second-order valence-electron chi connectivity index (χ2n) is 3.08. The van der Waals surface area contributed by atoms with E-state index >= 15 is 0 Å². The Kier molecular flexibility index (Phi) is 1.91. The fraction of sp³-hybridized carbons (Fsp3) is 0.750. The van der Waals surface area contributed by atoms with Crippen molar-refractivity contribution in [2.24, 2.45) is 0 Å². The van der Waals surface area contributed by atoms with Crippen LogP contribution in [0.25, 0.3) is 0 Å². The van der Waals surface area contributed by atoms with E-state index in [0.717, 1.165) is 0 Å². The lowest BCUT2D eigenvalue weighted by atomic mass is 10.2. The molecule has 0 amide bonds. The van der Waals surface area contributed by atoms with Gasteiger partial charge < -0.3 is 4.90 Å².